The van der Waals surface area contributed by atoms with Crippen LogP contribution in [0.25, 0.3) is 0 Å². The highest BCUT2D eigenvalue weighted by atomic mass is 16.5. The summed E-state index contributed by atoms with van der Waals surface area (Å²) >= 11 is 0. The fourth-order valence-electron chi connectivity index (χ4n) is 3.28. The van der Waals surface area contributed by atoms with Gasteiger partial charge >= 0.3 is 0 Å². The second-order valence-corrected chi connectivity index (χ2v) is 7.79. The number of ether oxygens (including phenoxy) is 2. The predicted molar refractivity (Wildman–Crippen MR) is 132 cm³/mol. The molecule has 32 heavy (non-hydrogen) atoms. The Bertz CT molecular complexity index is 745. The van der Waals surface area contributed by atoms with Gasteiger partial charge in [0.2, 0.25) is 0 Å². The molecular weight excluding hydrogens is 396 g/mol. The van der Waals surface area contributed by atoms with E-state index in [1.54, 1.807) is 0 Å². The lowest BCUT2D eigenvalue weighted by molar-refractivity contribution is 0.153. The molecule has 0 atom stereocenters. The summed E-state index contributed by atoms with van der Waals surface area (Å²) in [7, 11) is 0. The highest BCUT2D eigenvalue weighted by molar-refractivity contribution is 5.22. The summed E-state index contributed by atoms with van der Waals surface area (Å²) in [6.45, 7) is 5.78. The zero-order valence-corrected chi connectivity index (χ0v) is 19.1. The van der Waals surface area contributed by atoms with E-state index >= 15 is 0 Å². The number of terminal acetylenes is 2. The minimum atomic E-state index is 0.359. The molecule has 0 aliphatic carbocycles. The Hall–Kier alpha value is -2.60. The van der Waals surface area contributed by atoms with Gasteiger partial charge in [-0.15, -0.1) is 12.8 Å². The van der Waals surface area contributed by atoms with Crippen molar-refractivity contribution < 1.29 is 9.47 Å². The maximum Gasteiger partial charge on any atom is 0.107 e. The Labute approximate surface area is 194 Å². The third kappa shape index (κ3) is 11.7. The van der Waals surface area contributed by atoms with E-state index in [0.29, 0.717) is 26.4 Å². The third-order valence-electron chi connectivity index (χ3n) is 5.07. The largest absolute Gasteiger partial charge is 0.364 e. The van der Waals surface area contributed by atoms with Gasteiger partial charge in [-0.3, -0.25) is 0 Å². The van der Waals surface area contributed by atoms with Gasteiger partial charge in [0.15, 0.2) is 0 Å². The smallest absolute Gasteiger partial charge is 0.107 e. The van der Waals surface area contributed by atoms with Crippen LogP contribution in [0.15, 0.2) is 48.5 Å². The van der Waals surface area contributed by atoms with Crippen LogP contribution in [0.4, 0.5) is 0 Å². The van der Waals surface area contributed by atoms with E-state index in [1.165, 1.54) is 36.8 Å². The first kappa shape index (κ1) is 25.7. The van der Waals surface area contributed by atoms with Crippen molar-refractivity contribution >= 4 is 0 Å². The van der Waals surface area contributed by atoms with E-state index in [9.17, 15) is 0 Å². The summed E-state index contributed by atoms with van der Waals surface area (Å²) in [5.74, 6) is 4.96. The Morgan fingerprint density at radius 1 is 0.562 bits per heavy atom. The van der Waals surface area contributed by atoms with Gasteiger partial charge in [0.1, 0.15) is 13.2 Å². The molecular formula is C28H36N2O2. The molecule has 170 valence electrons. The molecule has 0 saturated carbocycles. The van der Waals surface area contributed by atoms with Crippen molar-refractivity contribution in [3.05, 3.63) is 70.8 Å². The molecule has 0 bridgehead atoms. The Morgan fingerprint density at radius 2 is 0.938 bits per heavy atom. The lowest BCUT2D eigenvalue weighted by Crippen LogP contribution is -2.16. The van der Waals surface area contributed by atoms with Crippen molar-refractivity contribution in [1.82, 2.24) is 10.6 Å². The van der Waals surface area contributed by atoms with Gasteiger partial charge in [-0.05, 0) is 48.2 Å². The van der Waals surface area contributed by atoms with Crippen molar-refractivity contribution in [3.8, 4) is 24.7 Å². The van der Waals surface area contributed by atoms with E-state index in [4.69, 9.17) is 22.3 Å². The van der Waals surface area contributed by atoms with Crippen molar-refractivity contribution in [2.75, 3.05) is 26.3 Å². The lowest BCUT2D eigenvalue weighted by atomic mass is 10.1. The van der Waals surface area contributed by atoms with Crippen molar-refractivity contribution in [3.63, 3.8) is 0 Å². The van der Waals surface area contributed by atoms with Crippen LogP contribution in [0.1, 0.15) is 47.9 Å². The molecule has 0 fully saturated rings. The highest BCUT2D eigenvalue weighted by Crippen LogP contribution is 2.07. The van der Waals surface area contributed by atoms with E-state index in [0.717, 1.165) is 37.3 Å². The molecule has 0 spiro atoms. The zero-order chi connectivity index (χ0) is 22.7. The van der Waals surface area contributed by atoms with Gasteiger partial charge in [-0.2, -0.15) is 0 Å². The number of unbranched alkanes of at least 4 members (excludes halogenated alkanes) is 3. The summed E-state index contributed by atoms with van der Waals surface area (Å²) in [5.41, 5.74) is 4.90. The van der Waals surface area contributed by atoms with Crippen LogP contribution in [-0.2, 0) is 35.8 Å². The van der Waals surface area contributed by atoms with E-state index in [2.05, 4.69) is 71.0 Å². The quantitative estimate of drug-likeness (QED) is 0.287. The molecule has 0 radical (unpaired) electrons. The van der Waals surface area contributed by atoms with Gasteiger partial charge in [0.05, 0.1) is 13.2 Å². The van der Waals surface area contributed by atoms with E-state index < -0.39 is 0 Å². The summed E-state index contributed by atoms with van der Waals surface area (Å²) in [5, 5.41) is 7.05. The number of benzene rings is 2. The van der Waals surface area contributed by atoms with Gasteiger partial charge in [0, 0.05) is 13.1 Å². The molecule has 2 rings (SSSR count). The molecule has 0 aliphatic rings. The topological polar surface area (TPSA) is 42.5 Å². The SMILES string of the molecule is C#CCOCc1ccc(CNCCCCCCNCc2ccc(COCC#C)cc2)cc1. The second kappa shape index (κ2) is 17.0. The van der Waals surface area contributed by atoms with Crippen LogP contribution in [0.3, 0.4) is 0 Å². The molecule has 4 nitrogen and oxygen atoms in total. The number of hydrogen-bond donors (Lipinski definition) is 2. The minimum Gasteiger partial charge on any atom is -0.364 e. The second-order valence-electron chi connectivity index (χ2n) is 7.79. The summed E-state index contributed by atoms with van der Waals surface area (Å²) in [6, 6.07) is 17.0. The zero-order valence-electron chi connectivity index (χ0n) is 19.1. The molecule has 0 unspecified atom stereocenters. The van der Waals surface area contributed by atoms with Gasteiger partial charge in [-0.25, -0.2) is 0 Å². The summed E-state index contributed by atoms with van der Waals surface area (Å²) < 4.78 is 10.7. The Kier molecular flexibility index (Phi) is 13.6. The number of rotatable bonds is 17. The number of hydrogen-bond acceptors (Lipinski definition) is 4. The molecule has 0 aromatic heterocycles. The maximum absolute atomic E-state index is 5.35. The third-order valence-corrected chi connectivity index (χ3v) is 5.07. The van der Waals surface area contributed by atoms with Gasteiger partial charge in [-0.1, -0.05) is 73.2 Å². The van der Waals surface area contributed by atoms with Crippen LogP contribution in [0.2, 0.25) is 0 Å². The van der Waals surface area contributed by atoms with E-state index in [-0.39, 0.29) is 0 Å². The summed E-state index contributed by atoms with van der Waals surface area (Å²) in [6.07, 6.45) is 15.3. The Balaban J connectivity index is 1.42. The molecule has 2 aromatic rings. The summed E-state index contributed by atoms with van der Waals surface area (Å²) in [4.78, 5) is 0. The first-order valence-corrected chi connectivity index (χ1v) is 11.4. The van der Waals surface area contributed by atoms with Gasteiger partial charge < -0.3 is 20.1 Å². The number of nitrogens with one attached hydrogen (secondary N) is 2. The van der Waals surface area contributed by atoms with Crippen LogP contribution in [0, 0.1) is 24.7 Å². The first-order valence-electron chi connectivity index (χ1n) is 11.4. The maximum atomic E-state index is 5.35. The predicted octanol–water partition coefficient (Wildman–Crippen LogP) is 4.43. The standard InChI is InChI=1S/C28H36N2O2/c1-3-19-31-23-27-13-9-25(10-14-27)21-29-17-7-5-6-8-18-30-22-26-11-15-28(16-12-26)24-32-20-4-2/h1-2,9-16,29-30H,5-8,17-24H2. The van der Waals surface area contributed by atoms with Crippen LogP contribution in [-0.4, -0.2) is 26.3 Å². The molecule has 2 aromatic carbocycles. The first-order chi connectivity index (χ1) is 15.8. The van der Waals surface area contributed by atoms with Crippen molar-refractivity contribution in [2.24, 2.45) is 0 Å². The fourth-order valence-corrected chi connectivity index (χ4v) is 3.28. The lowest BCUT2D eigenvalue weighted by Gasteiger charge is -2.08. The molecule has 4 heteroatoms. The monoisotopic (exact) mass is 432 g/mol. The van der Waals surface area contributed by atoms with Crippen LogP contribution >= 0.6 is 0 Å². The highest BCUT2D eigenvalue weighted by Gasteiger charge is 1.98. The van der Waals surface area contributed by atoms with Crippen LogP contribution < -0.4 is 10.6 Å². The van der Waals surface area contributed by atoms with Gasteiger partial charge in [0.25, 0.3) is 0 Å². The minimum absolute atomic E-state index is 0.359. The fraction of sp³-hybridized carbons (Fsp3) is 0.429. The van der Waals surface area contributed by atoms with Crippen molar-refractivity contribution in [2.45, 2.75) is 52.0 Å². The average molecular weight is 433 g/mol. The molecule has 2 N–H and O–H groups in total. The molecule has 0 aliphatic heterocycles. The normalized spacial score (nSPS) is 10.6. The van der Waals surface area contributed by atoms with Crippen molar-refractivity contribution in [1.29, 1.82) is 0 Å². The van der Waals surface area contributed by atoms with E-state index in [1.807, 2.05) is 0 Å². The average Bonchev–Trinajstić information content (AvgIpc) is 2.82. The Morgan fingerprint density at radius 3 is 1.31 bits per heavy atom. The molecule has 0 saturated heterocycles. The molecule has 0 heterocycles. The molecule has 0 amide bonds. The van der Waals surface area contributed by atoms with Crippen LogP contribution in [0.5, 0.6) is 0 Å².